The molecule has 134 valence electrons. The Labute approximate surface area is 154 Å². The van der Waals surface area contributed by atoms with Crippen LogP contribution in [-0.4, -0.2) is 15.2 Å². The lowest BCUT2D eigenvalue weighted by Crippen LogP contribution is -2.04. The van der Waals surface area contributed by atoms with Gasteiger partial charge in [-0.3, -0.25) is 0 Å². The number of hydrogen-bond acceptors (Lipinski definition) is 5. The second-order valence-corrected chi connectivity index (χ2v) is 6.93. The Bertz CT molecular complexity index is 856. The normalized spacial score (nSPS) is 11.0. The first kappa shape index (κ1) is 17.9. The molecular formula is C21H25N5. The minimum Gasteiger partial charge on any atom is -0.339 e. The van der Waals surface area contributed by atoms with Gasteiger partial charge in [0.1, 0.15) is 0 Å². The number of rotatable bonds is 6. The molecule has 0 fully saturated rings. The highest BCUT2D eigenvalue weighted by Crippen LogP contribution is 2.26. The first-order chi connectivity index (χ1) is 12.5. The smallest absolute Gasteiger partial charge is 0.249 e. The van der Waals surface area contributed by atoms with Crippen LogP contribution in [0.4, 0.5) is 23.1 Å². The summed E-state index contributed by atoms with van der Waals surface area (Å²) in [5.74, 6) is 2.06. The fraction of sp³-hybridized carbons (Fsp3) is 0.286. The minimum atomic E-state index is 0.422. The average molecular weight is 347 g/mol. The maximum Gasteiger partial charge on any atom is 0.249 e. The maximum atomic E-state index is 4.53. The van der Waals surface area contributed by atoms with Crippen LogP contribution in [0.2, 0.25) is 0 Å². The van der Waals surface area contributed by atoms with Crippen LogP contribution in [0.25, 0.3) is 0 Å². The van der Waals surface area contributed by atoms with E-state index in [-0.39, 0.29) is 0 Å². The lowest BCUT2D eigenvalue weighted by Gasteiger charge is -2.14. The third kappa shape index (κ3) is 4.36. The second kappa shape index (κ2) is 7.95. The van der Waals surface area contributed by atoms with Crippen molar-refractivity contribution in [2.45, 2.75) is 39.5 Å². The Morgan fingerprint density at radius 1 is 0.808 bits per heavy atom. The van der Waals surface area contributed by atoms with Gasteiger partial charge >= 0.3 is 0 Å². The monoisotopic (exact) mass is 347 g/mol. The van der Waals surface area contributed by atoms with E-state index in [4.69, 9.17) is 0 Å². The zero-order valence-corrected chi connectivity index (χ0v) is 15.7. The van der Waals surface area contributed by atoms with Gasteiger partial charge in [0.25, 0.3) is 0 Å². The highest BCUT2D eigenvalue weighted by molar-refractivity contribution is 5.62. The number of nitrogens with zero attached hydrogens (tertiary/aromatic N) is 3. The highest BCUT2D eigenvalue weighted by atomic mass is 15.3. The molecule has 26 heavy (non-hydrogen) atoms. The first-order valence-corrected chi connectivity index (χ1v) is 8.95. The molecule has 0 radical (unpaired) electrons. The number of anilines is 4. The number of benzene rings is 2. The summed E-state index contributed by atoms with van der Waals surface area (Å²) < 4.78 is 0. The fourth-order valence-corrected chi connectivity index (χ4v) is 2.75. The van der Waals surface area contributed by atoms with Gasteiger partial charge in [-0.05, 0) is 41.2 Å². The molecule has 2 N–H and O–H groups in total. The SMILES string of the molecule is CC(C)c1ccc(Nc2nncc(Nc3ccccc3C(C)C)n2)cc1. The van der Waals surface area contributed by atoms with Crippen molar-refractivity contribution in [1.29, 1.82) is 0 Å². The molecule has 3 rings (SSSR count). The van der Waals surface area contributed by atoms with Gasteiger partial charge in [0.05, 0.1) is 6.20 Å². The lowest BCUT2D eigenvalue weighted by atomic mass is 10.0. The van der Waals surface area contributed by atoms with Crippen LogP contribution in [0.15, 0.2) is 54.7 Å². The van der Waals surface area contributed by atoms with Crippen LogP contribution in [-0.2, 0) is 0 Å². The largest absolute Gasteiger partial charge is 0.339 e. The van der Waals surface area contributed by atoms with Gasteiger partial charge in [0.2, 0.25) is 5.95 Å². The molecule has 3 aromatic rings. The Balaban J connectivity index is 1.76. The van der Waals surface area contributed by atoms with Crippen LogP contribution in [0, 0.1) is 0 Å². The Morgan fingerprint density at radius 3 is 2.23 bits per heavy atom. The maximum absolute atomic E-state index is 4.53. The van der Waals surface area contributed by atoms with Gasteiger partial charge in [-0.2, -0.15) is 10.1 Å². The Kier molecular flexibility index (Phi) is 5.46. The molecule has 0 unspecified atom stereocenters. The summed E-state index contributed by atoms with van der Waals surface area (Å²) in [5, 5.41) is 14.7. The van der Waals surface area contributed by atoms with Crippen LogP contribution in [0.3, 0.4) is 0 Å². The molecule has 0 aliphatic carbocycles. The zero-order valence-electron chi connectivity index (χ0n) is 15.7. The zero-order chi connectivity index (χ0) is 18.5. The number of aromatic nitrogens is 3. The van der Waals surface area contributed by atoms with Crippen LogP contribution in [0.1, 0.15) is 50.7 Å². The van der Waals surface area contributed by atoms with Gasteiger partial charge < -0.3 is 10.6 Å². The molecule has 0 aliphatic rings. The number of nitrogens with one attached hydrogen (secondary N) is 2. The Hall–Kier alpha value is -2.95. The van der Waals surface area contributed by atoms with Crippen molar-refractivity contribution in [2.24, 2.45) is 0 Å². The van der Waals surface area contributed by atoms with Crippen LogP contribution in [0.5, 0.6) is 0 Å². The molecule has 0 amide bonds. The van der Waals surface area contributed by atoms with Gasteiger partial charge in [-0.15, -0.1) is 5.10 Å². The van der Waals surface area contributed by atoms with E-state index in [0.717, 1.165) is 11.4 Å². The summed E-state index contributed by atoms with van der Waals surface area (Å²) in [5.41, 5.74) is 4.52. The van der Waals surface area contributed by atoms with Gasteiger partial charge in [0.15, 0.2) is 5.82 Å². The topological polar surface area (TPSA) is 62.7 Å². The summed E-state index contributed by atoms with van der Waals surface area (Å²) in [6, 6.07) is 16.5. The van der Waals surface area contributed by atoms with E-state index >= 15 is 0 Å². The highest BCUT2D eigenvalue weighted by Gasteiger charge is 2.08. The van der Waals surface area contributed by atoms with E-state index < -0.39 is 0 Å². The summed E-state index contributed by atoms with van der Waals surface area (Å²) in [6.45, 7) is 8.71. The summed E-state index contributed by atoms with van der Waals surface area (Å²) in [7, 11) is 0. The third-order valence-corrected chi connectivity index (χ3v) is 4.24. The second-order valence-electron chi connectivity index (χ2n) is 6.93. The summed E-state index contributed by atoms with van der Waals surface area (Å²) in [4.78, 5) is 4.53. The van der Waals surface area contributed by atoms with E-state index in [0.29, 0.717) is 23.6 Å². The molecule has 0 saturated heterocycles. The average Bonchev–Trinajstić information content (AvgIpc) is 2.63. The summed E-state index contributed by atoms with van der Waals surface area (Å²) in [6.07, 6.45) is 1.63. The quantitative estimate of drug-likeness (QED) is 0.607. The molecule has 0 aliphatic heterocycles. The molecule has 0 spiro atoms. The van der Waals surface area contributed by atoms with Crippen LogP contribution < -0.4 is 10.6 Å². The lowest BCUT2D eigenvalue weighted by molar-refractivity contribution is 0.867. The van der Waals surface area contributed by atoms with Gasteiger partial charge in [0, 0.05) is 11.4 Å². The van der Waals surface area contributed by atoms with Crippen molar-refractivity contribution in [3.63, 3.8) is 0 Å². The van der Waals surface area contributed by atoms with Gasteiger partial charge in [-0.1, -0.05) is 58.0 Å². The van der Waals surface area contributed by atoms with Crippen molar-refractivity contribution in [2.75, 3.05) is 10.6 Å². The van der Waals surface area contributed by atoms with E-state index in [2.05, 4.69) is 77.8 Å². The van der Waals surface area contributed by atoms with Crippen molar-refractivity contribution < 1.29 is 0 Å². The third-order valence-electron chi connectivity index (χ3n) is 4.24. The van der Waals surface area contributed by atoms with E-state index in [1.54, 1.807) is 6.20 Å². The molecule has 5 heteroatoms. The molecular weight excluding hydrogens is 322 g/mol. The molecule has 1 aromatic heterocycles. The molecule has 5 nitrogen and oxygen atoms in total. The number of para-hydroxylation sites is 1. The van der Waals surface area contributed by atoms with Crippen molar-refractivity contribution in [3.8, 4) is 0 Å². The van der Waals surface area contributed by atoms with Crippen LogP contribution >= 0.6 is 0 Å². The Morgan fingerprint density at radius 2 is 1.54 bits per heavy atom. The number of hydrogen-bond donors (Lipinski definition) is 2. The predicted octanol–water partition coefficient (Wildman–Crippen LogP) is 5.61. The first-order valence-electron chi connectivity index (χ1n) is 8.95. The van der Waals surface area contributed by atoms with E-state index in [9.17, 15) is 0 Å². The minimum absolute atomic E-state index is 0.422. The molecule has 2 aromatic carbocycles. The molecule has 1 heterocycles. The van der Waals surface area contributed by atoms with Crippen molar-refractivity contribution >= 4 is 23.1 Å². The predicted molar refractivity (Wildman–Crippen MR) is 107 cm³/mol. The molecule has 0 bridgehead atoms. The van der Waals surface area contributed by atoms with Crippen molar-refractivity contribution in [1.82, 2.24) is 15.2 Å². The van der Waals surface area contributed by atoms with E-state index in [1.807, 2.05) is 24.3 Å². The van der Waals surface area contributed by atoms with Gasteiger partial charge in [-0.25, -0.2) is 0 Å². The van der Waals surface area contributed by atoms with E-state index in [1.165, 1.54) is 11.1 Å². The fourth-order valence-electron chi connectivity index (χ4n) is 2.75. The molecule has 0 atom stereocenters. The van der Waals surface area contributed by atoms with Crippen molar-refractivity contribution in [3.05, 3.63) is 65.9 Å². The summed E-state index contributed by atoms with van der Waals surface area (Å²) >= 11 is 0. The standard InChI is InChI=1S/C21H25N5/c1-14(2)16-9-11-17(12-10-16)23-21-25-20(13-22-26-21)24-19-8-6-5-7-18(19)15(3)4/h5-15H,1-4H3,(H2,23,24,25,26). The molecule has 0 saturated carbocycles.